The van der Waals surface area contributed by atoms with E-state index < -0.39 is 0 Å². The summed E-state index contributed by atoms with van der Waals surface area (Å²) in [5, 5.41) is 9.91. The quantitative estimate of drug-likeness (QED) is 0.743. The Labute approximate surface area is 84.8 Å². The fraction of sp³-hybridized carbons (Fsp3) is 0.125. The summed E-state index contributed by atoms with van der Waals surface area (Å²) in [7, 11) is 0. The van der Waals surface area contributed by atoms with E-state index in [0.29, 0.717) is 11.4 Å². The van der Waals surface area contributed by atoms with Crippen molar-refractivity contribution < 1.29 is 9.32 Å². The average Bonchev–Trinajstić information content (AvgIpc) is 2.77. The summed E-state index contributed by atoms with van der Waals surface area (Å²) in [4.78, 5) is 11.4. The first-order valence-corrected chi connectivity index (χ1v) is 4.21. The van der Waals surface area contributed by atoms with Crippen LogP contribution in [0.4, 0.5) is 11.4 Å². The molecule has 2 heterocycles. The van der Waals surface area contributed by atoms with Crippen molar-refractivity contribution in [3.63, 3.8) is 0 Å². The third kappa shape index (κ3) is 2.33. The van der Waals surface area contributed by atoms with Crippen molar-refractivity contribution in [1.82, 2.24) is 14.9 Å². The third-order valence-electron chi connectivity index (χ3n) is 1.67. The molecular weight excluding hydrogens is 198 g/mol. The molecule has 0 atom stereocenters. The van der Waals surface area contributed by atoms with Gasteiger partial charge in [-0.05, 0) is 0 Å². The molecule has 0 aromatic carbocycles. The minimum absolute atomic E-state index is 0.0996. The monoisotopic (exact) mass is 207 g/mol. The second kappa shape index (κ2) is 3.82. The first-order chi connectivity index (χ1) is 7.24. The number of carbonyl (C=O) groups excluding carboxylic acids is 1. The zero-order valence-corrected chi connectivity index (χ0v) is 7.75. The minimum atomic E-state index is -0.221. The molecule has 0 aliphatic heterocycles. The number of nitrogen functional groups attached to an aromatic ring is 1. The van der Waals surface area contributed by atoms with Gasteiger partial charge in [0.2, 0.25) is 5.91 Å². The molecule has 7 heteroatoms. The van der Waals surface area contributed by atoms with Gasteiger partial charge in [-0.25, -0.2) is 0 Å². The summed E-state index contributed by atoms with van der Waals surface area (Å²) in [5.41, 5.74) is 6.49. The maximum Gasteiger partial charge on any atom is 0.246 e. The van der Waals surface area contributed by atoms with Crippen molar-refractivity contribution in [2.75, 3.05) is 11.1 Å². The van der Waals surface area contributed by atoms with Gasteiger partial charge in [0.05, 0.1) is 18.1 Å². The molecule has 3 N–H and O–H groups in total. The van der Waals surface area contributed by atoms with E-state index in [-0.39, 0.29) is 12.5 Å². The maximum absolute atomic E-state index is 11.4. The van der Waals surface area contributed by atoms with Crippen LogP contribution in [0.2, 0.25) is 0 Å². The zero-order valence-electron chi connectivity index (χ0n) is 7.75. The molecule has 2 aromatic heterocycles. The summed E-state index contributed by atoms with van der Waals surface area (Å²) in [6, 6.07) is 0. The first kappa shape index (κ1) is 9.25. The molecule has 0 spiro atoms. The molecule has 0 saturated heterocycles. The second-order valence-electron chi connectivity index (χ2n) is 2.93. The van der Waals surface area contributed by atoms with Crippen LogP contribution in [0.15, 0.2) is 29.4 Å². The molecule has 0 unspecified atom stereocenters. The van der Waals surface area contributed by atoms with Crippen LogP contribution in [-0.4, -0.2) is 20.8 Å². The predicted octanol–water partition coefficient (Wildman–Crippen LogP) is 0.0920. The summed E-state index contributed by atoms with van der Waals surface area (Å²) < 4.78 is 6.01. The number of aromatic nitrogens is 3. The van der Waals surface area contributed by atoms with Gasteiger partial charge in [-0.1, -0.05) is 5.16 Å². The number of hydrogen-bond acceptors (Lipinski definition) is 5. The van der Waals surface area contributed by atoms with Crippen molar-refractivity contribution in [3.8, 4) is 0 Å². The second-order valence-corrected chi connectivity index (χ2v) is 2.93. The highest BCUT2D eigenvalue weighted by atomic mass is 16.5. The number of nitrogens with one attached hydrogen (secondary N) is 1. The molecule has 0 aliphatic rings. The predicted molar refractivity (Wildman–Crippen MR) is 51.8 cm³/mol. The number of rotatable bonds is 3. The summed E-state index contributed by atoms with van der Waals surface area (Å²) in [6.45, 7) is 0.0996. The van der Waals surface area contributed by atoms with Crippen LogP contribution in [0, 0.1) is 0 Å². The molecule has 7 nitrogen and oxygen atoms in total. The van der Waals surface area contributed by atoms with Gasteiger partial charge < -0.3 is 15.6 Å². The lowest BCUT2D eigenvalue weighted by Gasteiger charge is -2.01. The molecule has 0 saturated carbocycles. The third-order valence-corrected chi connectivity index (χ3v) is 1.67. The lowest BCUT2D eigenvalue weighted by Crippen LogP contribution is -2.18. The lowest BCUT2D eigenvalue weighted by atomic mass is 10.5. The number of nitrogens with two attached hydrogens (primary N) is 1. The largest absolute Gasteiger partial charge is 0.396 e. The van der Waals surface area contributed by atoms with Crippen LogP contribution in [0.5, 0.6) is 0 Å². The standard InChI is InChI=1S/C8H9N5O2/c9-6-1-10-13(3-6)4-8(14)12-7-2-11-15-5-7/h1-3,5H,4,9H2,(H,12,14). The van der Waals surface area contributed by atoms with Gasteiger partial charge in [-0.15, -0.1) is 0 Å². The molecular formula is C8H9N5O2. The van der Waals surface area contributed by atoms with Crippen LogP contribution < -0.4 is 11.1 Å². The minimum Gasteiger partial charge on any atom is -0.396 e. The van der Waals surface area contributed by atoms with Crippen molar-refractivity contribution >= 4 is 17.3 Å². The van der Waals surface area contributed by atoms with Crippen LogP contribution >= 0.6 is 0 Å². The van der Waals surface area contributed by atoms with E-state index in [1.807, 2.05) is 0 Å². The maximum atomic E-state index is 11.4. The number of hydrogen-bond donors (Lipinski definition) is 2. The molecule has 15 heavy (non-hydrogen) atoms. The Hall–Kier alpha value is -2.31. The Kier molecular flexibility index (Phi) is 2.36. The molecule has 0 fully saturated rings. The van der Waals surface area contributed by atoms with Gasteiger partial charge >= 0.3 is 0 Å². The Morgan fingerprint density at radius 1 is 1.60 bits per heavy atom. The van der Waals surface area contributed by atoms with E-state index in [0.717, 1.165) is 0 Å². The van der Waals surface area contributed by atoms with Crippen LogP contribution in [-0.2, 0) is 11.3 Å². The smallest absolute Gasteiger partial charge is 0.246 e. The van der Waals surface area contributed by atoms with Crippen LogP contribution in [0.3, 0.4) is 0 Å². The Balaban J connectivity index is 1.93. The summed E-state index contributed by atoms with van der Waals surface area (Å²) >= 11 is 0. The van der Waals surface area contributed by atoms with E-state index >= 15 is 0 Å². The molecule has 2 aromatic rings. The van der Waals surface area contributed by atoms with Gasteiger partial charge in [-0.3, -0.25) is 9.48 Å². The van der Waals surface area contributed by atoms with E-state index in [1.54, 1.807) is 6.20 Å². The number of amides is 1. The van der Waals surface area contributed by atoms with Crippen molar-refractivity contribution in [1.29, 1.82) is 0 Å². The lowest BCUT2D eigenvalue weighted by molar-refractivity contribution is -0.116. The normalized spacial score (nSPS) is 10.1. The summed E-state index contributed by atoms with van der Waals surface area (Å²) in [6.07, 6.45) is 5.81. The molecule has 78 valence electrons. The van der Waals surface area contributed by atoms with E-state index in [4.69, 9.17) is 5.73 Å². The van der Waals surface area contributed by atoms with Gasteiger partial charge in [0.15, 0.2) is 0 Å². The Bertz CT molecular complexity index is 447. The van der Waals surface area contributed by atoms with E-state index in [2.05, 4.69) is 20.1 Å². The van der Waals surface area contributed by atoms with Gasteiger partial charge in [-0.2, -0.15) is 5.10 Å². The fourth-order valence-electron chi connectivity index (χ4n) is 1.08. The SMILES string of the molecule is Nc1cnn(CC(=O)Nc2cnoc2)c1. The number of nitrogens with zero attached hydrogens (tertiary/aromatic N) is 3. The highest BCUT2D eigenvalue weighted by Gasteiger charge is 2.05. The molecule has 2 rings (SSSR count). The van der Waals surface area contributed by atoms with Gasteiger partial charge in [0, 0.05) is 6.20 Å². The van der Waals surface area contributed by atoms with Crippen LogP contribution in [0.1, 0.15) is 0 Å². The zero-order chi connectivity index (χ0) is 10.7. The number of carbonyl (C=O) groups is 1. The molecule has 1 amide bonds. The fourth-order valence-corrected chi connectivity index (χ4v) is 1.08. The highest BCUT2D eigenvalue weighted by molar-refractivity contribution is 5.90. The molecule has 0 aliphatic carbocycles. The van der Waals surface area contributed by atoms with E-state index in [1.165, 1.54) is 23.3 Å². The Morgan fingerprint density at radius 2 is 2.47 bits per heavy atom. The average molecular weight is 207 g/mol. The van der Waals surface area contributed by atoms with Crippen molar-refractivity contribution in [2.45, 2.75) is 6.54 Å². The van der Waals surface area contributed by atoms with E-state index in [9.17, 15) is 4.79 Å². The Morgan fingerprint density at radius 3 is 3.07 bits per heavy atom. The molecule has 0 bridgehead atoms. The highest BCUT2D eigenvalue weighted by Crippen LogP contribution is 2.04. The van der Waals surface area contributed by atoms with Crippen LogP contribution in [0.25, 0.3) is 0 Å². The van der Waals surface area contributed by atoms with Gasteiger partial charge in [0.1, 0.15) is 18.5 Å². The van der Waals surface area contributed by atoms with Gasteiger partial charge in [0.25, 0.3) is 0 Å². The van der Waals surface area contributed by atoms with Crippen molar-refractivity contribution in [2.24, 2.45) is 0 Å². The molecule has 0 radical (unpaired) electrons. The first-order valence-electron chi connectivity index (χ1n) is 4.21. The summed E-state index contributed by atoms with van der Waals surface area (Å²) in [5.74, 6) is -0.221. The van der Waals surface area contributed by atoms with Crippen molar-refractivity contribution in [3.05, 3.63) is 24.9 Å². The topological polar surface area (TPSA) is 99.0 Å². The number of anilines is 2.